The van der Waals surface area contributed by atoms with Gasteiger partial charge in [-0.2, -0.15) is 0 Å². The van der Waals surface area contributed by atoms with Gasteiger partial charge in [0.25, 0.3) is 0 Å². The van der Waals surface area contributed by atoms with Crippen molar-refractivity contribution in [2.45, 2.75) is 33.6 Å². The van der Waals surface area contributed by atoms with Crippen LogP contribution in [-0.4, -0.2) is 25.5 Å². The Morgan fingerprint density at radius 1 is 1.11 bits per heavy atom. The standard InChI is InChI=1S/C16H26N2O/c1-4-10-17-11-12-18-15(19)16(2,3)13-14-8-6-5-7-9-14/h5-9,17H,4,10-13H2,1-3H3,(H,18,19). The van der Waals surface area contributed by atoms with E-state index in [1.165, 1.54) is 5.56 Å². The summed E-state index contributed by atoms with van der Waals surface area (Å²) in [5.41, 5.74) is 0.832. The van der Waals surface area contributed by atoms with Crippen LogP contribution >= 0.6 is 0 Å². The average Bonchev–Trinajstić information content (AvgIpc) is 2.39. The molecule has 3 nitrogen and oxygen atoms in total. The summed E-state index contributed by atoms with van der Waals surface area (Å²) in [7, 11) is 0. The lowest BCUT2D eigenvalue weighted by Gasteiger charge is -2.23. The minimum absolute atomic E-state index is 0.120. The van der Waals surface area contributed by atoms with Crippen molar-refractivity contribution < 1.29 is 4.79 Å². The van der Waals surface area contributed by atoms with Crippen LogP contribution < -0.4 is 10.6 Å². The summed E-state index contributed by atoms with van der Waals surface area (Å²) in [6, 6.07) is 10.2. The number of carbonyl (C=O) groups is 1. The van der Waals surface area contributed by atoms with Crippen LogP contribution in [0.3, 0.4) is 0 Å². The Labute approximate surface area is 116 Å². The smallest absolute Gasteiger partial charge is 0.226 e. The monoisotopic (exact) mass is 262 g/mol. The molecule has 0 radical (unpaired) electrons. The van der Waals surface area contributed by atoms with Gasteiger partial charge < -0.3 is 10.6 Å². The highest BCUT2D eigenvalue weighted by Gasteiger charge is 2.27. The van der Waals surface area contributed by atoms with Gasteiger partial charge in [0.2, 0.25) is 5.91 Å². The number of amides is 1. The molecule has 0 aliphatic heterocycles. The predicted molar refractivity (Wildman–Crippen MR) is 80.1 cm³/mol. The van der Waals surface area contributed by atoms with E-state index in [-0.39, 0.29) is 11.3 Å². The molecular formula is C16H26N2O. The van der Waals surface area contributed by atoms with E-state index in [9.17, 15) is 4.79 Å². The zero-order valence-corrected chi connectivity index (χ0v) is 12.3. The molecule has 106 valence electrons. The zero-order valence-electron chi connectivity index (χ0n) is 12.3. The van der Waals surface area contributed by atoms with Crippen molar-refractivity contribution in [2.75, 3.05) is 19.6 Å². The number of hydrogen-bond acceptors (Lipinski definition) is 2. The van der Waals surface area contributed by atoms with Gasteiger partial charge in [-0.1, -0.05) is 51.1 Å². The second kappa shape index (κ2) is 7.95. The summed E-state index contributed by atoms with van der Waals surface area (Å²) < 4.78 is 0. The molecule has 2 N–H and O–H groups in total. The third kappa shape index (κ3) is 5.88. The molecular weight excluding hydrogens is 236 g/mol. The maximum Gasteiger partial charge on any atom is 0.226 e. The minimum Gasteiger partial charge on any atom is -0.354 e. The first-order valence-electron chi connectivity index (χ1n) is 7.09. The van der Waals surface area contributed by atoms with E-state index in [1.807, 2.05) is 32.0 Å². The fraction of sp³-hybridized carbons (Fsp3) is 0.562. The third-order valence-corrected chi connectivity index (χ3v) is 3.12. The maximum absolute atomic E-state index is 12.2. The van der Waals surface area contributed by atoms with Crippen molar-refractivity contribution >= 4 is 5.91 Å². The first-order chi connectivity index (χ1) is 9.06. The van der Waals surface area contributed by atoms with E-state index in [0.29, 0.717) is 6.54 Å². The molecule has 0 heterocycles. The van der Waals surface area contributed by atoms with Crippen molar-refractivity contribution in [2.24, 2.45) is 5.41 Å². The van der Waals surface area contributed by atoms with E-state index < -0.39 is 0 Å². The summed E-state index contributed by atoms with van der Waals surface area (Å²) in [6.45, 7) is 8.65. The average molecular weight is 262 g/mol. The van der Waals surface area contributed by atoms with Gasteiger partial charge in [-0.25, -0.2) is 0 Å². The second-order valence-electron chi connectivity index (χ2n) is 5.55. The van der Waals surface area contributed by atoms with E-state index in [4.69, 9.17) is 0 Å². The number of rotatable bonds is 8. The van der Waals surface area contributed by atoms with Crippen LogP contribution in [0.4, 0.5) is 0 Å². The molecule has 3 heteroatoms. The van der Waals surface area contributed by atoms with Gasteiger partial charge in [0, 0.05) is 18.5 Å². The van der Waals surface area contributed by atoms with Gasteiger partial charge in [-0.3, -0.25) is 4.79 Å². The van der Waals surface area contributed by atoms with Gasteiger partial charge in [0.05, 0.1) is 0 Å². The van der Waals surface area contributed by atoms with Gasteiger partial charge in [0.15, 0.2) is 0 Å². The molecule has 0 atom stereocenters. The van der Waals surface area contributed by atoms with E-state index in [2.05, 4.69) is 29.7 Å². The molecule has 0 spiro atoms. The predicted octanol–water partition coefficient (Wildman–Crippen LogP) is 2.37. The highest BCUT2D eigenvalue weighted by molar-refractivity contribution is 5.82. The van der Waals surface area contributed by atoms with Crippen LogP contribution in [0.5, 0.6) is 0 Å². The Balaban J connectivity index is 2.37. The van der Waals surface area contributed by atoms with E-state index >= 15 is 0 Å². The Kier molecular flexibility index (Phi) is 6.57. The first-order valence-corrected chi connectivity index (χ1v) is 7.09. The van der Waals surface area contributed by atoms with Gasteiger partial charge in [-0.05, 0) is 24.9 Å². The summed E-state index contributed by atoms with van der Waals surface area (Å²) in [5.74, 6) is 0.120. The fourth-order valence-corrected chi connectivity index (χ4v) is 1.99. The maximum atomic E-state index is 12.2. The summed E-state index contributed by atoms with van der Waals surface area (Å²) >= 11 is 0. The lowest BCUT2D eigenvalue weighted by Crippen LogP contribution is -2.41. The number of nitrogens with one attached hydrogen (secondary N) is 2. The van der Waals surface area contributed by atoms with E-state index in [0.717, 1.165) is 25.9 Å². The first kappa shape index (κ1) is 15.7. The number of hydrogen-bond donors (Lipinski definition) is 2. The van der Waals surface area contributed by atoms with Crippen LogP contribution in [-0.2, 0) is 11.2 Å². The lowest BCUT2D eigenvalue weighted by atomic mass is 9.85. The Bertz CT molecular complexity index is 374. The highest BCUT2D eigenvalue weighted by atomic mass is 16.2. The molecule has 0 unspecified atom stereocenters. The molecule has 0 aliphatic rings. The largest absolute Gasteiger partial charge is 0.354 e. The second-order valence-corrected chi connectivity index (χ2v) is 5.55. The summed E-state index contributed by atoms with van der Waals surface area (Å²) in [4.78, 5) is 12.2. The molecule has 19 heavy (non-hydrogen) atoms. The molecule has 0 aromatic heterocycles. The normalized spacial score (nSPS) is 11.3. The van der Waals surface area contributed by atoms with Gasteiger partial charge in [-0.15, -0.1) is 0 Å². The summed E-state index contributed by atoms with van der Waals surface area (Å²) in [5, 5.41) is 6.28. The van der Waals surface area contributed by atoms with Crippen molar-refractivity contribution in [3.63, 3.8) is 0 Å². The Morgan fingerprint density at radius 3 is 2.42 bits per heavy atom. The SMILES string of the molecule is CCCNCCNC(=O)C(C)(C)Cc1ccccc1. The van der Waals surface area contributed by atoms with Crippen molar-refractivity contribution in [3.8, 4) is 0 Å². The van der Waals surface area contributed by atoms with Crippen LogP contribution in [0.25, 0.3) is 0 Å². The number of carbonyl (C=O) groups excluding carboxylic acids is 1. The number of benzene rings is 1. The van der Waals surface area contributed by atoms with Crippen LogP contribution in [0.1, 0.15) is 32.8 Å². The quantitative estimate of drug-likeness (QED) is 0.706. The van der Waals surface area contributed by atoms with Gasteiger partial charge in [0.1, 0.15) is 0 Å². The molecule has 1 aromatic carbocycles. The lowest BCUT2D eigenvalue weighted by molar-refractivity contribution is -0.129. The molecule has 0 fully saturated rings. The Morgan fingerprint density at radius 2 is 1.79 bits per heavy atom. The van der Waals surface area contributed by atoms with Crippen LogP contribution in [0, 0.1) is 5.41 Å². The topological polar surface area (TPSA) is 41.1 Å². The Hall–Kier alpha value is -1.35. The van der Waals surface area contributed by atoms with E-state index in [1.54, 1.807) is 0 Å². The fourth-order valence-electron chi connectivity index (χ4n) is 1.99. The molecule has 1 amide bonds. The summed E-state index contributed by atoms with van der Waals surface area (Å²) in [6.07, 6.45) is 1.88. The molecule has 1 rings (SSSR count). The molecule has 0 bridgehead atoms. The molecule has 0 saturated carbocycles. The zero-order chi connectivity index (χ0) is 14.1. The van der Waals surface area contributed by atoms with Gasteiger partial charge >= 0.3 is 0 Å². The van der Waals surface area contributed by atoms with Crippen LogP contribution in [0.2, 0.25) is 0 Å². The molecule has 0 saturated heterocycles. The minimum atomic E-state index is -0.369. The van der Waals surface area contributed by atoms with Crippen molar-refractivity contribution in [1.29, 1.82) is 0 Å². The van der Waals surface area contributed by atoms with Crippen molar-refractivity contribution in [3.05, 3.63) is 35.9 Å². The highest BCUT2D eigenvalue weighted by Crippen LogP contribution is 2.21. The molecule has 1 aromatic rings. The van der Waals surface area contributed by atoms with Crippen LogP contribution in [0.15, 0.2) is 30.3 Å². The third-order valence-electron chi connectivity index (χ3n) is 3.12. The molecule has 0 aliphatic carbocycles. The van der Waals surface area contributed by atoms with Crippen molar-refractivity contribution in [1.82, 2.24) is 10.6 Å².